The lowest BCUT2D eigenvalue weighted by Crippen LogP contribution is -2.23. The summed E-state index contributed by atoms with van der Waals surface area (Å²) in [6.07, 6.45) is 3.61. The molecule has 0 aliphatic rings. The van der Waals surface area contributed by atoms with Gasteiger partial charge in [0.1, 0.15) is 11.6 Å². The summed E-state index contributed by atoms with van der Waals surface area (Å²) in [6, 6.07) is 8.97. The first-order valence-corrected chi connectivity index (χ1v) is 6.72. The van der Waals surface area contributed by atoms with E-state index in [0.29, 0.717) is 0 Å². The Balaban J connectivity index is 2.13. The smallest absolute Gasteiger partial charge is 0.123 e. The summed E-state index contributed by atoms with van der Waals surface area (Å²) in [6.45, 7) is 5.00. The molecule has 3 heteroatoms. The van der Waals surface area contributed by atoms with Crippen LogP contribution in [0.4, 0.5) is 4.39 Å². The van der Waals surface area contributed by atoms with Gasteiger partial charge < -0.3 is 9.73 Å². The molecule has 0 aliphatic carbocycles. The molecule has 0 saturated heterocycles. The van der Waals surface area contributed by atoms with Gasteiger partial charge in [-0.25, -0.2) is 4.39 Å². The standard InChI is InChI=1S/C16H20FNO/c1-3-7-18-16(14-8-12(2)19-11-14)10-13-5-4-6-15(17)9-13/h4-6,8-9,11,16,18H,3,7,10H2,1-2H3. The molecule has 2 nitrogen and oxygen atoms in total. The fraction of sp³-hybridized carbons (Fsp3) is 0.375. The number of benzene rings is 1. The minimum Gasteiger partial charge on any atom is -0.469 e. The van der Waals surface area contributed by atoms with Crippen LogP contribution in [0.2, 0.25) is 0 Å². The molecular formula is C16H20FNO. The lowest BCUT2D eigenvalue weighted by molar-refractivity contribution is 0.502. The van der Waals surface area contributed by atoms with E-state index in [1.807, 2.05) is 19.1 Å². The Bertz CT molecular complexity index is 521. The van der Waals surface area contributed by atoms with Gasteiger partial charge in [-0.3, -0.25) is 0 Å². The third-order valence-corrected chi connectivity index (χ3v) is 3.12. The van der Waals surface area contributed by atoms with Crippen molar-refractivity contribution in [3.8, 4) is 0 Å². The minimum absolute atomic E-state index is 0.166. The summed E-state index contributed by atoms with van der Waals surface area (Å²) in [5.74, 6) is 0.715. The lowest BCUT2D eigenvalue weighted by atomic mass is 10.0. The molecule has 0 fully saturated rings. The zero-order valence-corrected chi connectivity index (χ0v) is 11.4. The van der Waals surface area contributed by atoms with Crippen LogP contribution in [0.3, 0.4) is 0 Å². The van der Waals surface area contributed by atoms with Crippen LogP contribution < -0.4 is 5.32 Å². The van der Waals surface area contributed by atoms with E-state index in [4.69, 9.17) is 4.42 Å². The quantitative estimate of drug-likeness (QED) is 0.850. The minimum atomic E-state index is -0.185. The average Bonchev–Trinajstić information content (AvgIpc) is 2.81. The number of nitrogens with one attached hydrogen (secondary N) is 1. The molecule has 102 valence electrons. The Morgan fingerprint density at radius 2 is 2.16 bits per heavy atom. The molecule has 0 amide bonds. The SMILES string of the molecule is CCCNC(Cc1cccc(F)c1)c1coc(C)c1. The summed E-state index contributed by atoms with van der Waals surface area (Å²) in [5, 5.41) is 3.48. The molecular weight excluding hydrogens is 241 g/mol. The summed E-state index contributed by atoms with van der Waals surface area (Å²) >= 11 is 0. The summed E-state index contributed by atoms with van der Waals surface area (Å²) < 4.78 is 18.6. The van der Waals surface area contributed by atoms with Crippen molar-refractivity contribution in [3.05, 3.63) is 59.3 Å². The molecule has 1 aromatic carbocycles. The van der Waals surface area contributed by atoms with Crippen molar-refractivity contribution in [2.45, 2.75) is 32.7 Å². The van der Waals surface area contributed by atoms with Crippen molar-refractivity contribution < 1.29 is 8.81 Å². The van der Waals surface area contributed by atoms with E-state index < -0.39 is 0 Å². The maximum absolute atomic E-state index is 13.2. The highest BCUT2D eigenvalue weighted by atomic mass is 19.1. The molecule has 1 atom stereocenters. The van der Waals surface area contributed by atoms with Crippen LogP contribution >= 0.6 is 0 Å². The van der Waals surface area contributed by atoms with Gasteiger partial charge in [0.25, 0.3) is 0 Å². The molecule has 1 N–H and O–H groups in total. The molecule has 0 radical (unpaired) electrons. The second kappa shape index (κ2) is 6.53. The van der Waals surface area contributed by atoms with E-state index in [-0.39, 0.29) is 11.9 Å². The van der Waals surface area contributed by atoms with E-state index in [9.17, 15) is 4.39 Å². The zero-order valence-electron chi connectivity index (χ0n) is 11.4. The number of halogens is 1. The van der Waals surface area contributed by atoms with Gasteiger partial charge >= 0.3 is 0 Å². The molecule has 0 bridgehead atoms. The monoisotopic (exact) mass is 261 g/mol. The van der Waals surface area contributed by atoms with Crippen LogP contribution in [-0.4, -0.2) is 6.54 Å². The maximum Gasteiger partial charge on any atom is 0.123 e. The van der Waals surface area contributed by atoms with Crippen LogP contribution in [0.5, 0.6) is 0 Å². The van der Waals surface area contributed by atoms with Crippen molar-refractivity contribution in [3.63, 3.8) is 0 Å². The summed E-state index contributed by atoms with van der Waals surface area (Å²) in [4.78, 5) is 0. The number of hydrogen-bond acceptors (Lipinski definition) is 2. The van der Waals surface area contributed by atoms with Gasteiger partial charge in [0.15, 0.2) is 0 Å². The Hall–Kier alpha value is -1.61. The summed E-state index contributed by atoms with van der Waals surface area (Å²) in [5.41, 5.74) is 2.11. The van der Waals surface area contributed by atoms with Gasteiger partial charge in [-0.15, -0.1) is 0 Å². The molecule has 2 aromatic rings. The van der Waals surface area contributed by atoms with Crippen molar-refractivity contribution in [1.82, 2.24) is 5.32 Å². The second-order valence-electron chi connectivity index (χ2n) is 4.83. The molecule has 0 saturated carbocycles. The number of aryl methyl sites for hydroxylation is 1. The van der Waals surface area contributed by atoms with Crippen LogP contribution in [0.1, 0.15) is 36.3 Å². The van der Waals surface area contributed by atoms with Crippen molar-refractivity contribution in [2.24, 2.45) is 0 Å². The Morgan fingerprint density at radius 3 is 2.79 bits per heavy atom. The Kier molecular flexibility index (Phi) is 4.74. The van der Waals surface area contributed by atoms with E-state index >= 15 is 0 Å². The van der Waals surface area contributed by atoms with Crippen molar-refractivity contribution >= 4 is 0 Å². The average molecular weight is 261 g/mol. The first-order chi connectivity index (χ1) is 9.19. The molecule has 2 rings (SSSR count). The largest absolute Gasteiger partial charge is 0.469 e. The third-order valence-electron chi connectivity index (χ3n) is 3.12. The molecule has 1 heterocycles. The van der Waals surface area contributed by atoms with E-state index in [2.05, 4.69) is 12.2 Å². The number of rotatable bonds is 6. The highest BCUT2D eigenvalue weighted by Crippen LogP contribution is 2.21. The highest BCUT2D eigenvalue weighted by molar-refractivity contribution is 5.23. The topological polar surface area (TPSA) is 25.2 Å². The van der Waals surface area contributed by atoms with E-state index in [1.165, 1.54) is 6.07 Å². The zero-order chi connectivity index (χ0) is 13.7. The van der Waals surface area contributed by atoms with Crippen molar-refractivity contribution in [2.75, 3.05) is 6.54 Å². The predicted octanol–water partition coefficient (Wildman–Crippen LogP) is 4.01. The predicted molar refractivity (Wildman–Crippen MR) is 74.6 cm³/mol. The Labute approximate surface area is 113 Å². The normalized spacial score (nSPS) is 12.6. The van der Waals surface area contributed by atoms with Crippen LogP contribution in [0.15, 0.2) is 41.0 Å². The van der Waals surface area contributed by atoms with Crippen LogP contribution in [-0.2, 0) is 6.42 Å². The maximum atomic E-state index is 13.2. The lowest BCUT2D eigenvalue weighted by Gasteiger charge is -2.17. The molecule has 1 aromatic heterocycles. The summed E-state index contributed by atoms with van der Waals surface area (Å²) in [7, 11) is 0. The van der Waals surface area contributed by atoms with Gasteiger partial charge in [0, 0.05) is 11.6 Å². The van der Waals surface area contributed by atoms with E-state index in [0.717, 1.165) is 36.3 Å². The fourth-order valence-corrected chi connectivity index (χ4v) is 2.17. The van der Waals surface area contributed by atoms with Gasteiger partial charge in [-0.1, -0.05) is 19.1 Å². The first kappa shape index (κ1) is 13.8. The number of furan rings is 1. The van der Waals surface area contributed by atoms with Crippen molar-refractivity contribution in [1.29, 1.82) is 0 Å². The third kappa shape index (κ3) is 3.93. The van der Waals surface area contributed by atoms with Crippen LogP contribution in [0.25, 0.3) is 0 Å². The molecule has 0 aliphatic heterocycles. The van der Waals surface area contributed by atoms with Gasteiger partial charge in [0.05, 0.1) is 6.26 Å². The van der Waals surface area contributed by atoms with Gasteiger partial charge in [-0.2, -0.15) is 0 Å². The fourth-order valence-electron chi connectivity index (χ4n) is 2.17. The first-order valence-electron chi connectivity index (χ1n) is 6.72. The Morgan fingerprint density at radius 1 is 1.32 bits per heavy atom. The molecule has 19 heavy (non-hydrogen) atoms. The second-order valence-corrected chi connectivity index (χ2v) is 4.83. The number of hydrogen-bond donors (Lipinski definition) is 1. The van der Waals surface area contributed by atoms with E-state index in [1.54, 1.807) is 18.4 Å². The van der Waals surface area contributed by atoms with Gasteiger partial charge in [-0.05, 0) is 50.1 Å². The molecule has 1 unspecified atom stereocenters. The highest BCUT2D eigenvalue weighted by Gasteiger charge is 2.14. The van der Waals surface area contributed by atoms with Crippen LogP contribution in [0, 0.1) is 12.7 Å². The van der Waals surface area contributed by atoms with Gasteiger partial charge in [0.2, 0.25) is 0 Å². The molecule has 0 spiro atoms.